The lowest BCUT2D eigenvalue weighted by molar-refractivity contribution is 0.101. The van der Waals surface area contributed by atoms with Gasteiger partial charge in [0.15, 0.2) is 5.82 Å². The second-order valence-corrected chi connectivity index (χ2v) is 7.35. The Labute approximate surface area is 177 Å². The third-order valence-electron chi connectivity index (χ3n) is 4.29. The number of nitrogens with zero attached hydrogens (tertiary/aromatic N) is 3. The van der Waals surface area contributed by atoms with E-state index >= 15 is 0 Å². The number of hydrogen-bond acceptors (Lipinski definition) is 3. The zero-order valence-electron chi connectivity index (χ0n) is 15.4. The zero-order chi connectivity index (χ0) is 20.4. The maximum Gasteiger partial charge on any atom is 0.295 e. The van der Waals surface area contributed by atoms with Crippen molar-refractivity contribution in [3.63, 3.8) is 0 Å². The average Bonchev–Trinajstić information content (AvgIpc) is 3.16. The predicted molar refractivity (Wildman–Crippen MR) is 116 cm³/mol. The van der Waals surface area contributed by atoms with Crippen LogP contribution in [0, 0.1) is 6.92 Å². The highest BCUT2D eigenvalue weighted by atomic mass is 35.5. The zero-order valence-corrected chi connectivity index (χ0v) is 16.9. The molecule has 4 aromatic rings. The number of carbonyl (C=O) groups is 1. The van der Waals surface area contributed by atoms with Crippen molar-refractivity contribution in [2.24, 2.45) is 0 Å². The van der Waals surface area contributed by atoms with Crippen LogP contribution in [0.5, 0.6) is 0 Å². The first-order chi connectivity index (χ1) is 14.0. The third kappa shape index (κ3) is 4.31. The van der Waals surface area contributed by atoms with Crippen LogP contribution in [0.2, 0.25) is 10.0 Å². The number of carbonyl (C=O) groups excluding carboxylic acids is 1. The lowest BCUT2D eigenvalue weighted by Gasteiger charge is -2.06. The van der Waals surface area contributed by atoms with Crippen LogP contribution >= 0.6 is 23.2 Å². The van der Waals surface area contributed by atoms with Crippen LogP contribution in [0.1, 0.15) is 16.2 Å². The number of aromatic nitrogens is 3. The molecule has 1 aromatic heterocycles. The van der Waals surface area contributed by atoms with E-state index in [9.17, 15) is 4.79 Å². The SMILES string of the molecule is Cc1ccc(-n2nc(C(=O)Nc3ccc(Cl)cc3)nc2-c2ccc(Cl)cc2)cc1. The molecule has 0 atom stereocenters. The smallest absolute Gasteiger partial charge is 0.295 e. The second-order valence-electron chi connectivity index (χ2n) is 6.47. The number of halogens is 2. The summed E-state index contributed by atoms with van der Waals surface area (Å²) in [6.45, 7) is 2.01. The summed E-state index contributed by atoms with van der Waals surface area (Å²) in [6, 6.07) is 21.9. The van der Waals surface area contributed by atoms with Crippen LogP contribution < -0.4 is 5.32 Å². The first kappa shape index (κ1) is 19.2. The molecule has 1 amide bonds. The van der Waals surface area contributed by atoms with E-state index in [2.05, 4.69) is 15.4 Å². The predicted octanol–water partition coefficient (Wildman–Crippen LogP) is 5.80. The van der Waals surface area contributed by atoms with Gasteiger partial charge in [0.05, 0.1) is 5.69 Å². The van der Waals surface area contributed by atoms with E-state index in [1.165, 1.54) is 0 Å². The van der Waals surface area contributed by atoms with E-state index < -0.39 is 5.91 Å². The van der Waals surface area contributed by atoms with Gasteiger partial charge in [-0.1, -0.05) is 40.9 Å². The van der Waals surface area contributed by atoms with Crippen molar-refractivity contribution in [2.75, 3.05) is 5.32 Å². The number of amides is 1. The average molecular weight is 423 g/mol. The number of rotatable bonds is 4. The van der Waals surface area contributed by atoms with Crippen LogP contribution in [0.3, 0.4) is 0 Å². The molecule has 0 spiro atoms. The monoisotopic (exact) mass is 422 g/mol. The standard InChI is InChI=1S/C22H16Cl2N4O/c1-14-2-12-19(13-3-14)28-21(15-4-6-16(23)7-5-15)26-20(27-28)22(29)25-18-10-8-17(24)9-11-18/h2-13H,1H3,(H,25,29). The lowest BCUT2D eigenvalue weighted by atomic mass is 10.2. The highest BCUT2D eigenvalue weighted by molar-refractivity contribution is 6.31. The molecule has 5 nitrogen and oxygen atoms in total. The topological polar surface area (TPSA) is 59.8 Å². The van der Waals surface area contributed by atoms with Crippen molar-refractivity contribution in [1.82, 2.24) is 14.8 Å². The molecule has 29 heavy (non-hydrogen) atoms. The number of hydrogen-bond donors (Lipinski definition) is 1. The van der Waals surface area contributed by atoms with E-state index in [4.69, 9.17) is 23.2 Å². The van der Waals surface area contributed by atoms with Crippen molar-refractivity contribution in [1.29, 1.82) is 0 Å². The summed E-state index contributed by atoms with van der Waals surface area (Å²) in [5.74, 6) is 0.200. The van der Waals surface area contributed by atoms with Gasteiger partial charge in [-0.3, -0.25) is 4.79 Å². The first-order valence-corrected chi connectivity index (χ1v) is 9.62. The van der Waals surface area contributed by atoms with Gasteiger partial charge in [-0.05, 0) is 67.6 Å². The summed E-state index contributed by atoms with van der Waals surface area (Å²) >= 11 is 11.9. The van der Waals surface area contributed by atoms with Crippen LogP contribution in [-0.2, 0) is 0 Å². The summed E-state index contributed by atoms with van der Waals surface area (Å²) in [5, 5.41) is 8.46. The lowest BCUT2D eigenvalue weighted by Crippen LogP contribution is -2.14. The Hall–Kier alpha value is -3.15. The highest BCUT2D eigenvalue weighted by Gasteiger charge is 2.19. The molecule has 0 unspecified atom stereocenters. The molecule has 4 rings (SSSR count). The van der Waals surface area contributed by atoms with E-state index in [0.29, 0.717) is 21.6 Å². The van der Waals surface area contributed by atoms with Crippen LogP contribution in [0.15, 0.2) is 72.8 Å². The fraction of sp³-hybridized carbons (Fsp3) is 0.0455. The van der Waals surface area contributed by atoms with Crippen molar-refractivity contribution in [3.8, 4) is 17.1 Å². The minimum Gasteiger partial charge on any atom is -0.319 e. The Morgan fingerprint density at radius 3 is 2.07 bits per heavy atom. The summed E-state index contributed by atoms with van der Waals surface area (Å²) in [4.78, 5) is 17.2. The quantitative estimate of drug-likeness (QED) is 0.451. The molecule has 1 heterocycles. The Morgan fingerprint density at radius 1 is 0.862 bits per heavy atom. The normalized spacial score (nSPS) is 10.7. The summed E-state index contributed by atoms with van der Waals surface area (Å²) < 4.78 is 1.65. The van der Waals surface area contributed by atoms with Gasteiger partial charge in [-0.15, -0.1) is 5.10 Å². The molecule has 0 aliphatic rings. The number of anilines is 1. The van der Waals surface area contributed by atoms with Gasteiger partial charge in [0, 0.05) is 21.3 Å². The number of nitrogens with one attached hydrogen (secondary N) is 1. The second kappa shape index (κ2) is 8.07. The Bertz CT molecular complexity index is 1090. The van der Waals surface area contributed by atoms with Crippen molar-refractivity contribution < 1.29 is 4.79 Å². The summed E-state index contributed by atoms with van der Waals surface area (Å²) in [5.41, 5.74) is 3.34. The fourth-order valence-corrected chi connectivity index (χ4v) is 3.03. The van der Waals surface area contributed by atoms with E-state index in [0.717, 1.165) is 16.8 Å². The summed E-state index contributed by atoms with van der Waals surface area (Å²) in [6.07, 6.45) is 0. The molecular formula is C22H16Cl2N4O. The molecule has 0 aliphatic heterocycles. The molecule has 0 radical (unpaired) electrons. The summed E-state index contributed by atoms with van der Waals surface area (Å²) in [7, 11) is 0. The molecule has 0 saturated heterocycles. The molecule has 144 valence electrons. The van der Waals surface area contributed by atoms with Crippen molar-refractivity contribution >= 4 is 34.8 Å². The molecule has 0 aliphatic carbocycles. The minimum atomic E-state index is -0.409. The van der Waals surface area contributed by atoms with Crippen molar-refractivity contribution in [3.05, 3.63) is 94.2 Å². The molecule has 0 bridgehead atoms. The fourth-order valence-electron chi connectivity index (χ4n) is 2.78. The molecule has 7 heteroatoms. The van der Waals surface area contributed by atoms with Gasteiger partial charge in [0.2, 0.25) is 5.82 Å². The first-order valence-electron chi connectivity index (χ1n) is 8.86. The highest BCUT2D eigenvalue weighted by Crippen LogP contribution is 2.24. The van der Waals surface area contributed by atoms with Crippen LogP contribution in [0.25, 0.3) is 17.1 Å². The molecule has 0 saturated carbocycles. The molecular weight excluding hydrogens is 407 g/mol. The molecule has 0 fully saturated rings. The molecule has 3 aromatic carbocycles. The van der Waals surface area contributed by atoms with Gasteiger partial charge in [-0.25, -0.2) is 9.67 Å². The van der Waals surface area contributed by atoms with Gasteiger partial charge >= 0.3 is 0 Å². The molecule has 1 N–H and O–H groups in total. The van der Waals surface area contributed by atoms with Crippen molar-refractivity contribution in [2.45, 2.75) is 6.92 Å². The van der Waals surface area contributed by atoms with E-state index in [-0.39, 0.29) is 5.82 Å². The maximum absolute atomic E-state index is 12.7. The largest absolute Gasteiger partial charge is 0.319 e. The van der Waals surface area contributed by atoms with E-state index in [1.54, 1.807) is 41.1 Å². The Balaban J connectivity index is 1.74. The van der Waals surface area contributed by atoms with Crippen LogP contribution in [0.4, 0.5) is 5.69 Å². The minimum absolute atomic E-state index is 0.0606. The van der Waals surface area contributed by atoms with Crippen LogP contribution in [-0.4, -0.2) is 20.7 Å². The maximum atomic E-state index is 12.7. The van der Waals surface area contributed by atoms with Gasteiger partial charge in [-0.2, -0.15) is 0 Å². The van der Waals surface area contributed by atoms with E-state index in [1.807, 2.05) is 43.3 Å². The number of benzene rings is 3. The Kier molecular flexibility index (Phi) is 5.34. The van der Waals surface area contributed by atoms with Gasteiger partial charge in [0.1, 0.15) is 0 Å². The number of aryl methyl sites for hydroxylation is 1. The third-order valence-corrected chi connectivity index (χ3v) is 4.80. The Morgan fingerprint density at radius 2 is 1.45 bits per heavy atom. The van der Waals surface area contributed by atoms with Gasteiger partial charge in [0.25, 0.3) is 5.91 Å². The van der Waals surface area contributed by atoms with Gasteiger partial charge < -0.3 is 5.32 Å².